The van der Waals surface area contributed by atoms with E-state index in [1.807, 2.05) is 0 Å². The van der Waals surface area contributed by atoms with E-state index in [2.05, 4.69) is 15.4 Å². The molecule has 0 saturated carbocycles. The molecule has 68 heavy (non-hydrogen) atoms. The molecule has 0 radical (unpaired) electrons. The van der Waals surface area contributed by atoms with Gasteiger partial charge in [0.05, 0.1) is 136 Å². The molecule has 19 nitrogen and oxygen atoms in total. The van der Waals surface area contributed by atoms with E-state index in [1.54, 1.807) is 6.07 Å². The molecule has 4 rings (SSSR count). The summed E-state index contributed by atoms with van der Waals surface area (Å²) in [6, 6.07) is 3.45. The maximum atomic E-state index is 13.6. The first kappa shape index (κ1) is 55.5. The van der Waals surface area contributed by atoms with Gasteiger partial charge in [0.1, 0.15) is 6.04 Å². The first-order valence-corrected chi connectivity index (χ1v) is 22.0. The van der Waals surface area contributed by atoms with Crippen molar-refractivity contribution in [3.05, 3.63) is 58.4 Å². The number of carbonyl (C=O) groups excluding carboxylic acids is 6. The number of ether oxygens (including phenoxy) is 10. The van der Waals surface area contributed by atoms with Gasteiger partial charge in [0.2, 0.25) is 52.6 Å². The van der Waals surface area contributed by atoms with Crippen molar-refractivity contribution < 1.29 is 98.1 Å². The van der Waals surface area contributed by atoms with Crippen LogP contribution in [-0.4, -0.2) is 165 Å². The Hall–Kier alpha value is -5.05. The predicted molar refractivity (Wildman–Crippen MR) is 224 cm³/mol. The van der Waals surface area contributed by atoms with Crippen molar-refractivity contribution >= 4 is 41.2 Å². The third-order valence-corrected chi connectivity index (χ3v) is 9.75. The zero-order chi connectivity index (χ0) is 49.1. The van der Waals surface area contributed by atoms with Crippen molar-refractivity contribution in [2.75, 3.05) is 124 Å². The van der Waals surface area contributed by atoms with Crippen LogP contribution in [0.3, 0.4) is 0 Å². The highest BCUT2D eigenvalue weighted by Crippen LogP contribution is 2.33. The summed E-state index contributed by atoms with van der Waals surface area (Å²) >= 11 is 0. The number of halogens is 5. The van der Waals surface area contributed by atoms with Crippen LogP contribution >= 0.6 is 0 Å². The van der Waals surface area contributed by atoms with Crippen molar-refractivity contribution in [2.24, 2.45) is 0 Å². The van der Waals surface area contributed by atoms with Gasteiger partial charge in [0.25, 0.3) is 11.8 Å². The normalized spacial score (nSPS) is 14.7. The quantitative estimate of drug-likeness (QED) is 0.0190. The first-order valence-electron chi connectivity index (χ1n) is 22.0. The third kappa shape index (κ3) is 18.5. The molecule has 0 spiro atoms. The number of esters is 1. The molecule has 0 aliphatic carbocycles. The predicted octanol–water partition coefficient (Wildman–Crippen LogP) is 3.43. The van der Waals surface area contributed by atoms with Crippen molar-refractivity contribution in [1.82, 2.24) is 10.2 Å². The van der Waals surface area contributed by atoms with Crippen LogP contribution in [0, 0.1) is 29.1 Å². The molecule has 1 unspecified atom stereocenters. The molecule has 0 bridgehead atoms. The highest BCUT2D eigenvalue weighted by atomic mass is 19.2. The van der Waals surface area contributed by atoms with Crippen molar-refractivity contribution in [1.29, 1.82) is 0 Å². The highest BCUT2D eigenvalue weighted by molar-refractivity contribution is 6.26. The number of piperidine rings is 1. The van der Waals surface area contributed by atoms with Gasteiger partial charge in [-0.2, -0.15) is 8.78 Å². The van der Waals surface area contributed by atoms with Gasteiger partial charge >= 0.3 is 5.97 Å². The van der Waals surface area contributed by atoms with Gasteiger partial charge in [-0.25, -0.2) is 13.2 Å². The summed E-state index contributed by atoms with van der Waals surface area (Å²) in [4.78, 5) is 75.2. The highest BCUT2D eigenvalue weighted by Gasteiger charge is 2.45. The molecule has 1 fully saturated rings. The molecule has 2 aromatic carbocycles. The number of anilines is 1. The number of nitrogens with zero attached hydrogens (tertiary/aromatic N) is 1. The lowest BCUT2D eigenvalue weighted by atomic mass is 10.0. The Morgan fingerprint density at radius 3 is 1.50 bits per heavy atom. The smallest absolute Gasteiger partial charge is 0.313 e. The summed E-state index contributed by atoms with van der Waals surface area (Å²) in [6.07, 6.45) is 1.79. The van der Waals surface area contributed by atoms with Crippen LogP contribution in [0.2, 0.25) is 0 Å². The summed E-state index contributed by atoms with van der Waals surface area (Å²) in [5.41, 5.74) is 0.319. The van der Waals surface area contributed by atoms with Crippen LogP contribution in [-0.2, 0) is 61.8 Å². The molecular weight excluding hydrogens is 921 g/mol. The zero-order valence-corrected chi connectivity index (χ0v) is 37.4. The van der Waals surface area contributed by atoms with Gasteiger partial charge in [-0.3, -0.25) is 39.0 Å². The summed E-state index contributed by atoms with van der Waals surface area (Å²) in [7, 11) is 0. The van der Waals surface area contributed by atoms with E-state index in [1.165, 1.54) is 12.1 Å². The first-order chi connectivity index (χ1) is 32.9. The van der Waals surface area contributed by atoms with Gasteiger partial charge in [-0.05, 0) is 31.4 Å². The van der Waals surface area contributed by atoms with Crippen molar-refractivity contribution in [3.8, 4) is 5.75 Å². The third-order valence-electron chi connectivity index (χ3n) is 9.75. The minimum absolute atomic E-state index is 0.0107. The molecule has 378 valence electrons. The zero-order valence-electron chi connectivity index (χ0n) is 37.4. The number of nitrogens with one attached hydrogen (secondary N) is 2. The molecule has 24 heteroatoms. The molecule has 0 aromatic heterocycles. The number of hydrogen-bond acceptors (Lipinski definition) is 16. The molecule has 5 amide bonds. The second kappa shape index (κ2) is 31.2. The molecule has 2 N–H and O–H groups in total. The van der Waals surface area contributed by atoms with E-state index in [4.69, 9.17) is 42.6 Å². The monoisotopic (exact) mass is 977 g/mol. The van der Waals surface area contributed by atoms with E-state index >= 15 is 0 Å². The van der Waals surface area contributed by atoms with Crippen LogP contribution < -0.4 is 15.4 Å². The number of carbonyl (C=O) groups is 6. The van der Waals surface area contributed by atoms with Crippen molar-refractivity contribution in [3.63, 3.8) is 0 Å². The van der Waals surface area contributed by atoms with E-state index in [-0.39, 0.29) is 75.0 Å². The summed E-state index contributed by atoms with van der Waals surface area (Å²) in [5.74, 6) is -17.0. The van der Waals surface area contributed by atoms with E-state index < -0.39 is 76.9 Å². The standard InChI is InChI=1S/C44H56F5N3O16/c45-36-37(46)39(48)41(40(49)38(36)47)68-34(55)10-12-60-14-16-62-18-20-64-22-24-66-26-28-67-27-25-65-23-21-63-19-17-61-15-13-59-11-3-1-2-7-32(53)50-30-6-4-5-29-35(30)44(58)52(43(29)57)31-8-9-33(54)51-42(31)56/h4-6,31H,1-3,7-28H2,(H,50,53)(H,51,54,56). The average Bonchev–Trinajstić information content (AvgIpc) is 3.58. The molecular formula is C44H56F5N3O16. The number of imide groups is 2. The second-order valence-corrected chi connectivity index (χ2v) is 14.7. The fraction of sp³-hybridized carbons (Fsp3) is 0.591. The average molecular weight is 978 g/mol. The van der Waals surface area contributed by atoms with Crippen LogP contribution in [0.1, 0.15) is 65.7 Å². The van der Waals surface area contributed by atoms with E-state index in [9.17, 15) is 50.7 Å². The Bertz CT molecular complexity index is 1950. The minimum Gasteiger partial charge on any atom is -0.420 e. The maximum Gasteiger partial charge on any atom is 0.313 e. The summed E-state index contributed by atoms with van der Waals surface area (Å²) in [5, 5.41) is 4.87. The second-order valence-electron chi connectivity index (χ2n) is 14.7. The Morgan fingerprint density at radius 2 is 1.01 bits per heavy atom. The fourth-order valence-electron chi connectivity index (χ4n) is 6.35. The molecule has 2 aromatic rings. The van der Waals surface area contributed by atoms with Gasteiger partial charge in [0.15, 0.2) is 0 Å². The number of hydrogen-bond donors (Lipinski definition) is 2. The fourth-order valence-corrected chi connectivity index (χ4v) is 6.35. The molecule has 2 aliphatic rings. The SMILES string of the molecule is O=C1CCC(N2C(=O)c3cccc(NC(=O)CCCCCOCCOCCOCCOCCOCCOCCOCCOCCOCCC(=O)Oc4c(F)c(F)c(F)c(F)c4F)c3C2=O)C(=O)N1. The molecule has 2 aliphatic heterocycles. The number of amides is 5. The Morgan fingerprint density at radius 1 is 0.559 bits per heavy atom. The summed E-state index contributed by atoms with van der Waals surface area (Å²) in [6.45, 7) is 5.62. The van der Waals surface area contributed by atoms with E-state index in [0.29, 0.717) is 92.3 Å². The van der Waals surface area contributed by atoms with E-state index in [0.717, 1.165) is 17.7 Å². The molecule has 2 heterocycles. The Kier molecular flexibility index (Phi) is 25.4. The lowest BCUT2D eigenvalue weighted by molar-refractivity contribution is -0.137. The van der Waals surface area contributed by atoms with Gasteiger partial charge < -0.3 is 52.7 Å². The van der Waals surface area contributed by atoms with Crippen LogP contribution in [0.25, 0.3) is 0 Å². The molecule has 1 saturated heterocycles. The lowest BCUT2D eigenvalue weighted by Crippen LogP contribution is -2.54. The van der Waals surface area contributed by atoms with Crippen LogP contribution in [0.15, 0.2) is 18.2 Å². The Balaban J connectivity index is 0.829. The number of benzene rings is 2. The lowest BCUT2D eigenvalue weighted by Gasteiger charge is -2.27. The summed E-state index contributed by atoms with van der Waals surface area (Å²) < 4.78 is 120. The topological polar surface area (TPSA) is 222 Å². The van der Waals surface area contributed by atoms with Crippen LogP contribution in [0.5, 0.6) is 5.75 Å². The Labute approximate surface area is 388 Å². The van der Waals surface area contributed by atoms with Gasteiger partial charge in [0, 0.05) is 19.4 Å². The number of rotatable bonds is 36. The maximum absolute atomic E-state index is 13.6. The largest absolute Gasteiger partial charge is 0.420 e. The van der Waals surface area contributed by atoms with Crippen LogP contribution in [0.4, 0.5) is 27.6 Å². The van der Waals surface area contributed by atoms with Gasteiger partial charge in [-0.1, -0.05) is 12.5 Å². The minimum atomic E-state index is -2.36. The number of unbranched alkanes of at least 4 members (excludes halogenated alkanes) is 2. The molecule has 1 atom stereocenters. The number of fused-ring (bicyclic) bond motifs is 1. The van der Waals surface area contributed by atoms with Crippen molar-refractivity contribution in [2.45, 2.75) is 51.0 Å². The van der Waals surface area contributed by atoms with Gasteiger partial charge in [-0.15, -0.1) is 0 Å².